The lowest BCUT2D eigenvalue weighted by Gasteiger charge is -2.08. The third-order valence-corrected chi connectivity index (χ3v) is 3.79. The number of pyridine rings is 1. The fraction of sp³-hybridized carbons (Fsp3) is 0.250. The molecule has 0 fully saturated rings. The number of thioether (sulfide) groups is 1. The number of nitrogens with one attached hydrogen (secondary N) is 1. The number of aromatic nitrogens is 1. The molecule has 2 rings (SSSR count). The molecule has 0 atom stereocenters. The predicted molar refractivity (Wildman–Crippen MR) is 84.1 cm³/mol. The van der Waals surface area contributed by atoms with Crippen molar-refractivity contribution in [2.24, 2.45) is 0 Å². The summed E-state index contributed by atoms with van der Waals surface area (Å²) < 4.78 is 0. The zero-order chi connectivity index (χ0) is 14.4. The van der Waals surface area contributed by atoms with Gasteiger partial charge in [-0.2, -0.15) is 0 Å². The molecule has 0 aliphatic heterocycles. The molecule has 1 amide bonds. The maximum Gasteiger partial charge on any atom is 0.234 e. The van der Waals surface area contributed by atoms with Crippen LogP contribution >= 0.6 is 11.8 Å². The lowest BCUT2D eigenvalue weighted by Crippen LogP contribution is -2.14. The van der Waals surface area contributed by atoms with Gasteiger partial charge in [-0.15, -0.1) is 0 Å². The van der Waals surface area contributed by atoms with Crippen molar-refractivity contribution in [3.05, 3.63) is 54.2 Å². The minimum Gasteiger partial charge on any atom is -0.325 e. The molecule has 3 nitrogen and oxygen atoms in total. The van der Waals surface area contributed by atoms with Crippen LogP contribution in [0.1, 0.15) is 25.3 Å². The van der Waals surface area contributed by atoms with E-state index >= 15 is 0 Å². The highest BCUT2D eigenvalue weighted by atomic mass is 32.2. The van der Waals surface area contributed by atoms with Crippen LogP contribution in [0, 0.1) is 0 Å². The Bertz CT molecular complexity index is 552. The molecule has 0 unspecified atom stereocenters. The molecule has 0 saturated heterocycles. The number of nitrogens with zero attached hydrogens (tertiary/aromatic N) is 1. The van der Waals surface area contributed by atoms with E-state index in [2.05, 4.69) is 24.1 Å². The number of rotatable bonds is 5. The van der Waals surface area contributed by atoms with Crippen molar-refractivity contribution < 1.29 is 4.79 Å². The van der Waals surface area contributed by atoms with E-state index in [-0.39, 0.29) is 5.91 Å². The first-order valence-corrected chi connectivity index (χ1v) is 7.57. The van der Waals surface area contributed by atoms with Gasteiger partial charge < -0.3 is 5.32 Å². The zero-order valence-electron chi connectivity index (χ0n) is 11.7. The van der Waals surface area contributed by atoms with Crippen LogP contribution in [0.5, 0.6) is 0 Å². The van der Waals surface area contributed by atoms with Gasteiger partial charge >= 0.3 is 0 Å². The van der Waals surface area contributed by atoms with Gasteiger partial charge in [-0.1, -0.05) is 43.8 Å². The quantitative estimate of drug-likeness (QED) is 0.847. The zero-order valence-corrected chi connectivity index (χ0v) is 12.5. The van der Waals surface area contributed by atoms with E-state index < -0.39 is 0 Å². The molecule has 0 aliphatic rings. The monoisotopic (exact) mass is 286 g/mol. The number of carbonyl (C=O) groups excluding carboxylic acids is 1. The van der Waals surface area contributed by atoms with Crippen molar-refractivity contribution in [3.63, 3.8) is 0 Å². The van der Waals surface area contributed by atoms with E-state index in [4.69, 9.17) is 0 Å². The third-order valence-electron chi connectivity index (χ3n) is 2.85. The normalized spacial score (nSPS) is 10.6. The molecule has 4 heteroatoms. The number of carbonyl (C=O) groups is 1. The number of hydrogen-bond acceptors (Lipinski definition) is 3. The lowest BCUT2D eigenvalue weighted by atomic mass is 10.0. The van der Waals surface area contributed by atoms with Crippen molar-refractivity contribution in [1.29, 1.82) is 0 Å². The predicted octanol–water partition coefficient (Wildman–Crippen LogP) is 3.94. The minimum atomic E-state index is -0.0158. The summed E-state index contributed by atoms with van der Waals surface area (Å²) in [6, 6.07) is 13.7. The molecule has 1 aromatic carbocycles. The van der Waals surface area contributed by atoms with Crippen molar-refractivity contribution in [3.8, 4) is 0 Å². The average Bonchev–Trinajstić information content (AvgIpc) is 2.47. The van der Waals surface area contributed by atoms with Crippen molar-refractivity contribution >= 4 is 23.4 Å². The van der Waals surface area contributed by atoms with Crippen LogP contribution in [0.3, 0.4) is 0 Å². The fourth-order valence-corrected chi connectivity index (χ4v) is 2.38. The number of anilines is 1. The summed E-state index contributed by atoms with van der Waals surface area (Å²) in [5, 5.41) is 3.75. The summed E-state index contributed by atoms with van der Waals surface area (Å²) in [7, 11) is 0. The smallest absolute Gasteiger partial charge is 0.234 e. The Hall–Kier alpha value is -1.81. The summed E-state index contributed by atoms with van der Waals surface area (Å²) in [5.41, 5.74) is 2.10. The van der Waals surface area contributed by atoms with Gasteiger partial charge in [-0.05, 0) is 35.7 Å². The summed E-state index contributed by atoms with van der Waals surface area (Å²) >= 11 is 1.43. The molecule has 0 radical (unpaired) electrons. The summed E-state index contributed by atoms with van der Waals surface area (Å²) in [5.74, 6) is 0.848. The van der Waals surface area contributed by atoms with Gasteiger partial charge in [0.15, 0.2) is 0 Å². The lowest BCUT2D eigenvalue weighted by molar-refractivity contribution is -0.113. The van der Waals surface area contributed by atoms with Gasteiger partial charge in [-0.3, -0.25) is 4.79 Å². The van der Waals surface area contributed by atoms with E-state index in [1.165, 1.54) is 17.3 Å². The van der Waals surface area contributed by atoms with Crippen LogP contribution in [0.25, 0.3) is 0 Å². The number of benzene rings is 1. The Balaban J connectivity index is 1.85. The molecule has 1 aromatic heterocycles. The third kappa shape index (κ3) is 4.38. The number of amides is 1. The van der Waals surface area contributed by atoms with Crippen LogP contribution in [0.4, 0.5) is 5.69 Å². The molecule has 0 aliphatic carbocycles. The highest BCUT2D eigenvalue weighted by Gasteiger charge is 2.05. The first-order valence-electron chi connectivity index (χ1n) is 6.59. The Kier molecular flexibility index (Phi) is 5.18. The first-order chi connectivity index (χ1) is 9.65. The average molecular weight is 286 g/mol. The summed E-state index contributed by atoms with van der Waals surface area (Å²) in [6.07, 6.45) is 1.73. The first kappa shape index (κ1) is 14.6. The van der Waals surface area contributed by atoms with Crippen molar-refractivity contribution in [2.45, 2.75) is 24.8 Å². The molecule has 104 valence electrons. The van der Waals surface area contributed by atoms with Gasteiger partial charge in [0.1, 0.15) is 0 Å². The molecule has 2 aromatic rings. The molecule has 1 N–H and O–H groups in total. The van der Waals surface area contributed by atoms with E-state index in [1.807, 2.05) is 42.5 Å². The topological polar surface area (TPSA) is 42.0 Å². The second-order valence-electron chi connectivity index (χ2n) is 4.78. The maximum absolute atomic E-state index is 11.8. The van der Waals surface area contributed by atoms with Gasteiger partial charge in [0.05, 0.1) is 10.8 Å². The second kappa shape index (κ2) is 7.10. The number of hydrogen-bond donors (Lipinski definition) is 1. The Morgan fingerprint density at radius 2 is 1.95 bits per heavy atom. The molecule has 0 saturated carbocycles. The van der Waals surface area contributed by atoms with Gasteiger partial charge in [0.25, 0.3) is 0 Å². The van der Waals surface area contributed by atoms with Crippen LogP contribution in [-0.4, -0.2) is 16.6 Å². The standard InChI is InChI=1S/C16H18N2OS/c1-12(2)13-6-8-14(9-7-13)18-15(19)11-20-16-5-3-4-10-17-16/h3-10,12H,11H2,1-2H3,(H,18,19). The molecule has 20 heavy (non-hydrogen) atoms. The van der Waals surface area contributed by atoms with Crippen molar-refractivity contribution in [2.75, 3.05) is 11.1 Å². The summed E-state index contributed by atoms with van der Waals surface area (Å²) in [4.78, 5) is 16.0. The van der Waals surface area contributed by atoms with E-state index in [0.29, 0.717) is 11.7 Å². The molecule has 1 heterocycles. The minimum absolute atomic E-state index is 0.0158. The van der Waals surface area contributed by atoms with Gasteiger partial charge in [0, 0.05) is 11.9 Å². The van der Waals surface area contributed by atoms with E-state index in [9.17, 15) is 4.79 Å². The Labute approximate surface area is 123 Å². The maximum atomic E-state index is 11.8. The van der Waals surface area contributed by atoms with Gasteiger partial charge in [-0.25, -0.2) is 4.98 Å². The second-order valence-corrected chi connectivity index (χ2v) is 5.78. The highest BCUT2D eigenvalue weighted by molar-refractivity contribution is 7.99. The van der Waals surface area contributed by atoms with Crippen molar-refractivity contribution in [1.82, 2.24) is 4.98 Å². The van der Waals surface area contributed by atoms with Gasteiger partial charge in [0.2, 0.25) is 5.91 Å². The van der Waals surface area contributed by atoms with E-state index in [1.54, 1.807) is 6.20 Å². The SMILES string of the molecule is CC(C)c1ccc(NC(=O)CSc2ccccn2)cc1. The fourth-order valence-electron chi connectivity index (χ4n) is 1.72. The molecular formula is C16H18N2OS. The van der Waals surface area contributed by atoms with E-state index in [0.717, 1.165) is 10.7 Å². The van der Waals surface area contributed by atoms with Crippen LogP contribution in [0.15, 0.2) is 53.7 Å². The largest absolute Gasteiger partial charge is 0.325 e. The Morgan fingerprint density at radius 1 is 1.20 bits per heavy atom. The molecular weight excluding hydrogens is 268 g/mol. The molecule has 0 spiro atoms. The van der Waals surface area contributed by atoms with Crippen LogP contribution in [0.2, 0.25) is 0 Å². The van der Waals surface area contributed by atoms with Crippen LogP contribution < -0.4 is 5.32 Å². The Morgan fingerprint density at radius 3 is 2.55 bits per heavy atom. The molecule has 0 bridgehead atoms. The highest BCUT2D eigenvalue weighted by Crippen LogP contribution is 2.18. The summed E-state index contributed by atoms with van der Waals surface area (Å²) in [6.45, 7) is 4.30. The van der Waals surface area contributed by atoms with Crippen LogP contribution in [-0.2, 0) is 4.79 Å².